The zero-order valence-corrected chi connectivity index (χ0v) is 15.6. The van der Waals surface area contributed by atoms with Gasteiger partial charge in [0.1, 0.15) is 5.75 Å². The molecule has 2 saturated carbocycles. The number of hydrogen-bond donors (Lipinski definition) is 1. The Morgan fingerprint density at radius 2 is 1.84 bits per heavy atom. The largest absolute Gasteiger partial charge is 0.508 e. The Labute approximate surface area is 152 Å². The van der Waals surface area contributed by atoms with Gasteiger partial charge in [-0.25, -0.2) is 0 Å². The van der Waals surface area contributed by atoms with Crippen LogP contribution in [0, 0.1) is 11.8 Å². The van der Waals surface area contributed by atoms with Crippen molar-refractivity contribution in [2.75, 3.05) is 13.1 Å². The van der Waals surface area contributed by atoms with Crippen molar-refractivity contribution >= 4 is 0 Å². The molecule has 1 heterocycles. The Bertz CT molecular complexity index is 635. The van der Waals surface area contributed by atoms with Gasteiger partial charge in [0.2, 0.25) is 0 Å². The van der Waals surface area contributed by atoms with Gasteiger partial charge in [-0.3, -0.25) is 4.90 Å². The van der Waals surface area contributed by atoms with Crippen molar-refractivity contribution < 1.29 is 5.11 Å². The molecule has 0 spiro atoms. The van der Waals surface area contributed by atoms with Crippen molar-refractivity contribution in [3.63, 3.8) is 0 Å². The molecule has 4 aliphatic rings. The molecule has 3 atom stereocenters. The fraction of sp³-hybridized carbons (Fsp3) is 0.739. The second kappa shape index (κ2) is 6.30. The van der Waals surface area contributed by atoms with Crippen LogP contribution < -0.4 is 0 Å². The number of rotatable bonds is 2. The Morgan fingerprint density at radius 1 is 1.00 bits per heavy atom. The van der Waals surface area contributed by atoms with Crippen molar-refractivity contribution in [1.29, 1.82) is 0 Å². The monoisotopic (exact) mass is 339 g/mol. The van der Waals surface area contributed by atoms with Crippen LogP contribution in [-0.2, 0) is 11.8 Å². The molecule has 1 aromatic carbocycles. The van der Waals surface area contributed by atoms with Crippen LogP contribution in [0.5, 0.6) is 5.75 Å². The highest BCUT2D eigenvalue weighted by Gasteiger charge is 2.53. The first-order valence-electron chi connectivity index (χ1n) is 10.8. The van der Waals surface area contributed by atoms with Gasteiger partial charge in [0.15, 0.2) is 0 Å². The molecule has 1 N–H and O–H groups in total. The highest BCUT2D eigenvalue weighted by Crippen LogP contribution is 2.56. The fourth-order valence-corrected chi connectivity index (χ4v) is 7.00. The fourth-order valence-electron chi connectivity index (χ4n) is 7.00. The normalized spacial score (nSPS) is 35.8. The van der Waals surface area contributed by atoms with Crippen LogP contribution in [0.15, 0.2) is 18.2 Å². The molecule has 3 aliphatic carbocycles. The molecule has 1 aromatic rings. The Kier molecular flexibility index (Phi) is 4.08. The SMILES string of the molecule is Oc1ccc2c(c1)[C@@]13CCCC[C@H]1[C@@H](C2)N(CC1CCCCC1)CC3. The maximum atomic E-state index is 10.1. The molecule has 0 radical (unpaired) electrons. The van der Waals surface area contributed by atoms with E-state index in [1.165, 1.54) is 94.8 Å². The summed E-state index contributed by atoms with van der Waals surface area (Å²) in [6, 6.07) is 7.03. The molecule has 2 heteroatoms. The average molecular weight is 340 g/mol. The molecule has 1 saturated heterocycles. The number of fused-ring (bicyclic) bond motifs is 1. The number of hydrogen-bond acceptors (Lipinski definition) is 2. The van der Waals surface area contributed by atoms with Gasteiger partial charge in [-0.15, -0.1) is 0 Å². The van der Waals surface area contributed by atoms with E-state index in [0.717, 1.165) is 17.9 Å². The van der Waals surface area contributed by atoms with Gasteiger partial charge < -0.3 is 5.11 Å². The third kappa shape index (κ3) is 2.63. The van der Waals surface area contributed by atoms with Crippen LogP contribution in [0.25, 0.3) is 0 Å². The zero-order chi connectivity index (χ0) is 16.9. The zero-order valence-electron chi connectivity index (χ0n) is 15.6. The van der Waals surface area contributed by atoms with Gasteiger partial charge in [-0.2, -0.15) is 0 Å². The van der Waals surface area contributed by atoms with Crippen molar-refractivity contribution in [2.24, 2.45) is 11.8 Å². The molecular weight excluding hydrogens is 306 g/mol. The van der Waals surface area contributed by atoms with E-state index >= 15 is 0 Å². The molecule has 5 rings (SSSR count). The minimum atomic E-state index is 0.373. The van der Waals surface area contributed by atoms with Crippen LogP contribution >= 0.6 is 0 Å². The summed E-state index contributed by atoms with van der Waals surface area (Å²) in [5.41, 5.74) is 3.43. The molecule has 2 bridgehead atoms. The lowest BCUT2D eigenvalue weighted by molar-refractivity contribution is -0.0208. The number of phenols is 1. The first kappa shape index (κ1) is 16.2. The number of piperidine rings is 1. The van der Waals surface area contributed by atoms with E-state index < -0.39 is 0 Å². The molecule has 3 fully saturated rings. The van der Waals surface area contributed by atoms with E-state index in [4.69, 9.17) is 0 Å². The molecule has 1 aliphatic heterocycles. The third-order valence-corrected chi connectivity index (χ3v) is 8.15. The summed E-state index contributed by atoms with van der Waals surface area (Å²) in [5, 5.41) is 10.1. The van der Waals surface area contributed by atoms with Crippen LogP contribution in [-0.4, -0.2) is 29.1 Å². The lowest BCUT2D eigenvalue weighted by Gasteiger charge is -2.59. The third-order valence-electron chi connectivity index (χ3n) is 8.15. The molecular formula is C23H33NO. The van der Waals surface area contributed by atoms with Gasteiger partial charge in [0.25, 0.3) is 0 Å². The number of likely N-dealkylation sites (tertiary alicyclic amines) is 1. The van der Waals surface area contributed by atoms with Crippen molar-refractivity contribution in [3.05, 3.63) is 29.3 Å². The Balaban J connectivity index is 1.47. The summed E-state index contributed by atoms with van der Waals surface area (Å²) in [5.74, 6) is 2.25. The van der Waals surface area contributed by atoms with Gasteiger partial charge in [0.05, 0.1) is 0 Å². The lowest BCUT2D eigenvalue weighted by Crippen LogP contribution is -2.61. The van der Waals surface area contributed by atoms with Gasteiger partial charge in [-0.05, 0) is 80.2 Å². The van der Waals surface area contributed by atoms with E-state index in [2.05, 4.69) is 17.0 Å². The van der Waals surface area contributed by atoms with Crippen molar-refractivity contribution in [2.45, 2.75) is 82.1 Å². The first-order chi connectivity index (χ1) is 12.3. The average Bonchev–Trinajstić information content (AvgIpc) is 2.65. The minimum absolute atomic E-state index is 0.373. The second-order valence-electron chi connectivity index (χ2n) is 9.37. The molecule has 0 amide bonds. The molecule has 136 valence electrons. The number of nitrogens with zero attached hydrogens (tertiary/aromatic N) is 1. The summed E-state index contributed by atoms with van der Waals surface area (Å²) < 4.78 is 0. The van der Waals surface area contributed by atoms with E-state index in [1.54, 1.807) is 0 Å². The van der Waals surface area contributed by atoms with Crippen LogP contribution in [0.3, 0.4) is 0 Å². The summed E-state index contributed by atoms with van der Waals surface area (Å²) in [6.45, 7) is 2.64. The maximum absolute atomic E-state index is 10.1. The topological polar surface area (TPSA) is 23.5 Å². The van der Waals surface area contributed by atoms with Crippen molar-refractivity contribution in [3.8, 4) is 5.75 Å². The smallest absolute Gasteiger partial charge is 0.115 e. The summed E-state index contributed by atoms with van der Waals surface area (Å²) in [6.07, 6.45) is 15.4. The van der Waals surface area contributed by atoms with Gasteiger partial charge in [-0.1, -0.05) is 38.2 Å². The molecule has 0 unspecified atom stereocenters. The van der Waals surface area contributed by atoms with E-state index in [-0.39, 0.29) is 0 Å². The Hall–Kier alpha value is -1.02. The standard InChI is InChI=1S/C23H33NO/c25-19-10-9-18-14-22-20-8-4-5-11-23(20,21(18)15-19)12-13-24(22)16-17-6-2-1-3-7-17/h9-10,15,17,20,22,25H,1-8,11-14,16H2/t20-,22+,23+/m0/s1. The number of phenolic OH excluding ortho intramolecular Hbond substituents is 1. The van der Waals surface area contributed by atoms with Crippen LogP contribution in [0.2, 0.25) is 0 Å². The highest BCUT2D eigenvalue weighted by molar-refractivity contribution is 5.45. The summed E-state index contributed by atoms with van der Waals surface area (Å²) in [7, 11) is 0. The number of benzene rings is 1. The molecule has 0 aromatic heterocycles. The summed E-state index contributed by atoms with van der Waals surface area (Å²) in [4.78, 5) is 2.90. The lowest BCUT2D eigenvalue weighted by atomic mass is 9.52. The summed E-state index contributed by atoms with van der Waals surface area (Å²) >= 11 is 0. The quantitative estimate of drug-likeness (QED) is 0.817. The van der Waals surface area contributed by atoms with E-state index in [1.807, 2.05) is 6.07 Å². The van der Waals surface area contributed by atoms with Crippen LogP contribution in [0.1, 0.15) is 75.3 Å². The predicted molar refractivity (Wildman–Crippen MR) is 102 cm³/mol. The first-order valence-corrected chi connectivity index (χ1v) is 10.8. The Morgan fingerprint density at radius 3 is 2.72 bits per heavy atom. The van der Waals surface area contributed by atoms with Crippen LogP contribution in [0.4, 0.5) is 0 Å². The van der Waals surface area contributed by atoms with E-state index in [9.17, 15) is 5.11 Å². The van der Waals surface area contributed by atoms with Gasteiger partial charge in [0, 0.05) is 18.0 Å². The highest BCUT2D eigenvalue weighted by atomic mass is 16.3. The predicted octanol–water partition coefficient (Wildman–Crippen LogP) is 5.03. The van der Waals surface area contributed by atoms with E-state index in [0.29, 0.717) is 11.2 Å². The number of aromatic hydroxyl groups is 1. The van der Waals surface area contributed by atoms with Crippen molar-refractivity contribution in [1.82, 2.24) is 4.90 Å². The maximum Gasteiger partial charge on any atom is 0.115 e. The molecule has 2 nitrogen and oxygen atoms in total. The second-order valence-corrected chi connectivity index (χ2v) is 9.37. The molecule has 25 heavy (non-hydrogen) atoms. The van der Waals surface area contributed by atoms with Gasteiger partial charge >= 0.3 is 0 Å². The minimum Gasteiger partial charge on any atom is -0.508 e.